The number of ether oxygens (including phenoxy) is 2. The summed E-state index contributed by atoms with van der Waals surface area (Å²) in [5, 5.41) is 2.99. The second-order valence-electron chi connectivity index (χ2n) is 14.9. The van der Waals surface area contributed by atoms with Gasteiger partial charge in [-0.25, -0.2) is 0 Å². The van der Waals surface area contributed by atoms with E-state index in [-0.39, 0.29) is 5.41 Å². The van der Waals surface area contributed by atoms with Crippen LogP contribution in [0.1, 0.15) is 25.0 Å². The van der Waals surface area contributed by atoms with E-state index in [1.54, 1.807) is 0 Å². The van der Waals surface area contributed by atoms with Crippen LogP contribution >= 0.6 is 23.5 Å². The van der Waals surface area contributed by atoms with Crippen LogP contribution < -0.4 is 24.7 Å². The summed E-state index contributed by atoms with van der Waals surface area (Å²) in [6.07, 6.45) is 0. The van der Waals surface area contributed by atoms with Gasteiger partial charge in [0, 0.05) is 36.2 Å². The Balaban J connectivity index is 1.15. The van der Waals surface area contributed by atoms with Crippen LogP contribution in [-0.4, -0.2) is 8.07 Å². The van der Waals surface area contributed by atoms with Gasteiger partial charge in [0.15, 0.2) is 23.0 Å². The molecule has 0 aromatic heterocycles. The number of rotatable bonds is 4. The van der Waals surface area contributed by atoms with Crippen LogP contribution in [0, 0.1) is 0 Å². The van der Waals surface area contributed by atoms with E-state index in [4.69, 9.17) is 9.47 Å². The van der Waals surface area contributed by atoms with Crippen molar-refractivity contribution in [1.82, 2.24) is 0 Å². The first kappa shape index (κ1) is 32.5. The Morgan fingerprint density at radius 3 is 1.91 bits per heavy atom. The standard InChI is InChI=1S/C47H37NO2S2Si/c1-47(2)33-15-5-8-22-40(33)51-45-34(47)16-12-17-35(45)48(36-18-13-25-43-46(36)52-41-23-9-10-24-42(41)53(43,3)4)31-28-26-30(27-29-31)32-14-11-21-39-44(32)50-38-20-7-6-19-37(38)49-39/h5-29H,1-4H3. The Hall–Kier alpha value is -5.14. The van der Waals surface area contributed by atoms with Gasteiger partial charge in [0.1, 0.15) is 8.07 Å². The van der Waals surface area contributed by atoms with E-state index in [2.05, 4.69) is 147 Å². The van der Waals surface area contributed by atoms with Crippen LogP contribution in [0.15, 0.2) is 171 Å². The van der Waals surface area contributed by atoms with Crippen LogP contribution in [0.5, 0.6) is 23.0 Å². The first-order chi connectivity index (χ1) is 25.8. The van der Waals surface area contributed by atoms with E-state index >= 15 is 0 Å². The summed E-state index contributed by atoms with van der Waals surface area (Å²) in [6.45, 7) is 9.72. The highest BCUT2D eigenvalue weighted by Gasteiger charge is 2.39. The second-order valence-corrected chi connectivity index (χ2v) is 21.4. The zero-order chi connectivity index (χ0) is 35.9. The molecular weight excluding hydrogens is 703 g/mol. The molecule has 3 aliphatic heterocycles. The highest BCUT2D eigenvalue weighted by atomic mass is 32.2. The Bertz CT molecular complexity index is 2490. The maximum Gasteiger partial charge on any atom is 0.177 e. The lowest BCUT2D eigenvalue weighted by atomic mass is 9.77. The lowest BCUT2D eigenvalue weighted by molar-refractivity contribution is 0.361. The van der Waals surface area contributed by atoms with E-state index in [0.717, 1.165) is 39.8 Å². The summed E-state index contributed by atoms with van der Waals surface area (Å²) in [4.78, 5) is 7.86. The lowest BCUT2D eigenvalue weighted by Gasteiger charge is -2.39. The Kier molecular flexibility index (Phi) is 7.48. The molecule has 0 saturated carbocycles. The smallest absolute Gasteiger partial charge is 0.177 e. The predicted molar refractivity (Wildman–Crippen MR) is 223 cm³/mol. The van der Waals surface area contributed by atoms with Crippen molar-refractivity contribution >= 4 is 59.0 Å². The first-order valence-corrected chi connectivity index (χ1v) is 22.7. The third-order valence-corrected chi connectivity index (χ3v) is 17.4. The van der Waals surface area contributed by atoms with Crippen molar-refractivity contribution in [2.45, 2.75) is 51.9 Å². The quantitative estimate of drug-likeness (QED) is 0.167. The molecule has 3 aliphatic rings. The summed E-state index contributed by atoms with van der Waals surface area (Å²) in [5.74, 6) is 2.92. The van der Waals surface area contributed by atoms with Crippen molar-refractivity contribution in [1.29, 1.82) is 0 Å². The summed E-state index contributed by atoms with van der Waals surface area (Å²) < 4.78 is 12.7. The monoisotopic (exact) mass is 739 g/mol. The number of hydrogen-bond donors (Lipinski definition) is 0. The van der Waals surface area contributed by atoms with E-state index in [0.29, 0.717) is 0 Å². The molecule has 0 radical (unpaired) electrons. The van der Waals surface area contributed by atoms with Gasteiger partial charge in [-0.05, 0) is 81.7 Å². The molecule has 3 nitrogen and oxygen atoms in total. The van der Waals surface area contributed by atoms with Crippen molar-refractivity contribution in [3.05, 3.63) is 163 Å². The van der Waals surface area contributed by atoms with E-state index in [1.165, 1.54) is 52.5 Å². The van der Waals surface area contributed by atoms with Gasteiger partial charge in [-0.3, -0.25) is 0 Å². The molecule has 0 atom stereocenters. The second kappa shape index (κ2) is 12.2. The topological polar surface area (TPSA) is 21.7 Å². The van der Waals surface area contributed by atoms with Crippen LogP contribution in [0.2, 0.25) is 13.1 Å². The molecule has 6 heteroatoms. The fourth-order valence-electron chi connectivity index (χ4n) is 8.23. The fraction of sp³-hybridized carbons (Fsp3) is 0.106. The molecule has 258 valence electrons. The molecule has 0 aliphatic carbocycles. The normalized spacial score (nSPS) is 15.2. The molecule has 0 bridgehead atoms. The molecule has 0 fully saturated rings. The number of fused-ring (bicyclic) bond motifs is 6. The first-order valence-electron chi connectivity index (χ1n) is 18.1. The van der Waals surface area contributed by atoms with Gasteiger partial charge in [0.25, 0.3) is 0 Å². The summed E-state index contributed by atoms with van der Waals surface area (Å²) >= 11 is 3.82. The molecule has 0 unspecified atom stereocenters. The number of para-hydroxylation sites is 3. The number of benzene rings is 7. The van der Waals surface area contributed by atoms with Gasteiger partial charge in [-0.2, -0.15) is 0 Å². The maximum absolute atomic E-state index is 6.46. The van der Waals surface area contributed by atoms with Crippen LogP contribution in [0.3, 0.4) is 0 Å². The van der Waals surface area contributed by atoms with Gasteiger partial charge in [-0.1, -0.05) is 148 Å². The minimum Gasteiger partial charge on any atom is -0.449 e. The largest absolute Gasteiger partial charge is 0.449 e. The molecule has 53 heavy (non-hydrogen) atoms. The SMILES string of the molecule is CC1(C)c2ccccc2Sc2c(N(c3ccc(-c4cccc5c4Oc4ccccc4O5)cc3)c3cccc4c3Sc3ccccc3[Si]4(C)C)cccc21. The summed E-state index contributed by atoms with van der Waals surface area (Å²) in [6, 6.07) is 54.7. The molecule has 0 saturated heterocycles. The van der Waals surface area contributed by atoms with Crippen molar-refractivity contribution in [2.24, 2.45) is 0 Å². The molecule has 10 rings (SSSR count). The minimum atomic E-state index is -1.98. The Labute approximate surface area is 320 Å². The zero-order valence-electron chi connectivity index (χ0n) is 30.0. The Morgan fingerprint density at radius 2 is 1.09 bits per heavy atom. The molecule has 0 N–H and O–H groups in total. The highest BCUT2D eigenvalue weighted by Crippen LogP contribution is 2.55. The van der Waals surface area contributed by atoms with Crippen LogP contribution in [-0.2, 0) is 5.41 Å². The molecule has 7 aromatic rings. The molecule has 3 heterocycles. The average Bonchev–Trinajstić information content (AvgIpc) is 3.18. The molecule has 0 spiro atoms. The van der Waals surface area contributed by atoms with Crippen LogP contribution in [0.4, 0.5) is 17.1 Å². The Morgan fingerprint density at radius 1 is 0.509 bits per heavy atom. The summed E-state index contributed by atoms with van der Waals surface area (Å²) in [5.41, 5.74) is 8.17. The zero-order valence-corrected chi connectivity index (χ0v) is 32.6. The van der Waals surface area contributed by atoms with Gasteiger partial charge in [0.05, 0.1) is 11.4 Å². The van der Waals surface area contributed by atoms with Crippen molar-refractivity contribution < 1.29 is 9.47 Å². The lowest BCUT2D eigenvalue weighted by Crippen LogP contribution is -2.56. The number of anilines is 3. The van der Waals surface area contributed by atoms with Gasteiger partial charge in [0.2, 0.25) is 0 Å². The van der Waals surface area contributed by atoms with E-state index in [9.17, 15) is 0 Å². The van der Waals surface area contributed by atoms with Gasteiger partial charge >= 0.3 is 0 Å². The summed E-state index contributed by atoms with van der Waals surface area (Å²) in [7, 11) is -1.98. The van der Waals surface area contributed by atoms with E-state index in [1.807, 2.05) is 59.9 Å². The van der Waals surface area contributed by atoms with Gasteiger partial charge < -0.3 is 14.4 Å². The van der Waals surface area contributed by atoms with Gasteiger partial charge in [-0.15, -0.1) is 0 Å². The molecular formula is C47H37NO2S2Si. The van der Waals surface area contributed by atoms with E-state index < -0.39 is 8.07 Å². The highest BCUT2D eigenvalue weighted by molar-refractivity contribution is 8.00. The van der Waals surface area contributed by atoms with Crippen molar-refractivity contribution in [2.75, 3.05) is 4.90 Å². The van der Waals surface area contributed by atoms with Crippen LogP contribution in [0.25, 0.3) is 11.1 Å². The fourth-order valence-corrected chi connectivity index (χ4v) is 15.3. The number of nitrogens with zero attached hydrogens (tertiary/aromatic N) is 1. The third-order valence-electron chi connectivity index (χ3n) is 11.1. The van der Waals surface area contributed by atoms with Crippen molar-refractivity contribution in [3.63, 3.8) is 0 Å². The van der Waals surface area contributed by atoms with Crippen molar-refractivity contribution in [3.8, 4) is 34.1 Å². The molecule has 0 amide bonds. The average molecular weight is 740 g/mol. The maximum atomic E-state index is 6.46. The molecule has 7 aromatic carbocycles. The predicted octanol–water partition coefficient (Wildman–Crippen LogP) is 12.8. The number of hydrogen-bond acceptors (Lipinski definition) is 5. The minimum absolute atomic E-state index is 0.144. The third kappa shape index (κ3) is 5.11.